The lowest BCUT2D eigenvalue weighted by molar-refractivity contribution is -0.115. The molecule has 0 bridgehead atoms. The topological polar surface area (TPSA) is 46.2 Å². The van der Waals surface area contributed by atoms with E-state index in [-0.39, 0.29) is 23.1 Å². The van der Waals surface area contributed by atoms with Crippen LogP contribution in [0, 0.1) is 11.6 Å². The zero-order valence-corrected chi connectivity index (χ0v) is 13.0. The Kier molecular flexibility index (Phi) is 5.38. The van der Waals surface area contributed by atoms with E-state index in [0.29, 0.717) is 11.3 Å². The van der Waals surface area contributed by atoms with Crippen molar-refractivity contribution in [3.8, 4) is 0 Å². The van der Waals surface area contributed by atoms with Crippen molar-refractivity contribution < 1.29 is 18.4 Å². The molecule has 6 heteroatoms. The third-order valence-corrected chi connectivity index (χ3v) is 3.48. The van der Waals surface area contributed by atoms with Crippen molar-refractivity contribution in [2.24, 2.45) is 0 Å². The number of amides is 1. The van der Waals surface area contributed by atoms with Crippen molar-refractivity contribution in [1.29, 1.82) is 0 Å². The summed E-state index contributed by atoms with van der Waals surface area (Å²) in [5.41, 5.74) is 0.988. The lowest BCUT2D eigenvalue weighted by Gasteiger charge is -2.07. The molecule has 0 aromatic heterocycles. The van der Waals surface area contributed by atoms with Gasteiger partial charge in [0, 0.05) is 16.8 Å². The minimum atomic E-state index is -0.630. The first-order valence-electron chi connectivity index (χ1n) is 6.42. The van der Waals surface area contributed by atoms with Crippen LogP contribution in [0.3, 0.4) is 0 Å². The van der Waals surface area contributed by atoms with Crippen LogP contribution >= 0.6 is 15.9 Å². The standard InChI is InChI=1S/C16H12BrF2NO2/c17-9-15(21)10-1-4-13(5-2-10)20-16(22)8-11-7-12(18)3-6-14(11)19/h1-7H,8-9H2,(H,20,22). The third-order valence-electron chi connectivity index (χ3n) is 2.97. The van der Waals surface area contributed by atoms with E-state index in [2.05, 4.69) is 21.2 Å². The smallest absolute Gasteiger partial charge is 0.228 e. The summed E-state index contributed by atoms with van der Waals surface area (Å²) in [7, 11) is 0. The first kappa shape index (κ1) is 16.3. The van der Waals surface area contributed by atoms with E-state index in [9.17, 15) is 18.4 Å². The fraction of sp³-hybridized carbons (Fsp3) is 0.125. The molecule has 22 heavy (non-hydrogen) atoms. The molecule has 0 atom stereocenters. The second-order valence-electron chi connectivity index (χ2n) is 4.59. The largest absolute Gasteiger partial charge is 0.326 e. The number of ketones is 1. The summed E-state index contributed by atoms with van der Waals surface area (Å²) in [5.74, 6) is -1.76. The quantitative estimate of drug-likeness (QED) is 0.646. The Morgan fingerprint density at radius 1 is 1.05 bits per heavy atom. The third kappa shape index (κ3) is 4.21. The van der Waals surface area contributed by atoms with Gasteiger partial charge in [0.1, 0.15) is 11.6 Å². The number of nitrogens with one attached hydrogen (secondary N) is 1. The fourth-order valence-corrected chi connectivity index (χ4v) is 2.20. The molecule has 0 aliphatic heterocycles. The van der Waals surface area contributed by atoms with Crippen molar-refractivity contribution in [3.05, 3.63) is 65.2 Å². The van der Waals surface area contributed by atoms with E-state index < -0.39 is 17.5 Å². The second kappa shape index (κ2) is 7.26. The molecule has 0 fully saturated rings. The highest BCUT2D eigenvalue weighted by Crippen LogP contribution is 2.14. The zero-order chi connectivity index (χ0) is 16.1. The van der Waals surface area contributed by atoms with E-state index >= 15 is 0 Å². The number of rotatable bonds is 5. The number of halogens is 3. The Balaban J connectivity index is 2.03. The van der Waals surface area contributed by atoms with Crippen LogP contribution in [0.15, 0.2) is 42.5 Å². The first-order chi connectivity index (χ1) is 10.5. The van der Waals surface area contributed by atoms with Crippen LogP contribution in [-0.2, 0) is 11.2 Å². The molecule has 0 spiro atoms. The van der Waals surface area contributed by atoms with Gasteiger partial charge in [0.2, 0.25) is 5.91 Å². The Morgan fingerprint density at radius 2 is 1.73 bits per heavy atom. The molecule has 2 aromatic carbocycles. The van der Waals surface area contributed by atoms with Crippen LogP contribution in [0.4, 0.5) is 14.5 Å². The van der Waals surface area contributed by atoms with Gasteiger partial charge in [0.15, 0.2) is 5.78 Å². The normalized spacial score (nSPS) is 10.3. The van der Waals surface area contributed by atoms with Gasteiger partial charge in [-0.25, -0.2) is 8.78 Å². The summed E-state index contributed by atoms with van der Waals surface area (Å²) in [6, 6.07) is 9.30. The lowest BCUT2D eigenvalue weighted by atomic mass is 10.1. The Morgan fingerprint density at radius 3 is 2.36 bits per heavy atom. The minimum absolute atomic E-state index is 0.0106. The van der Waals surface area contributed by atoms with Gasteiger partial charge in [-0.3, -0.25) is 9.59 Å². The number of carbonyl (C=O) groups is 2. The molecule has 0 radical (unpaired) electrons. The highest BCUT2D eigenvalue weighted by molar-refractivity contribution is 9.09. The average Bonchev–Trinajstić information content (AvgIpc) is 2.51. The first-order valence-corrected chi connectivity index (χ1v) is 7.55. The number of alkyl halides is 1. The average molecular weight is 368 g/mol. The van der Waals surface area contributed by atoms with Gasteiger partial charge in [-0.05, 0) is 42.5 Å². The SMILES string of the molecule is O=C(Cc1cc(F)ccc1F)Nc1ccc(C(=O)CBr)cc1. The molecule has 0 saturated carbocycles. The molecule has 0 unspecified atom stereocenters. The number of anilines is 1. The molecule has 2 aromatic rings. The van der Waals surface area contributed by atoms with Gasteiger partial charge in [-0.1, -0.05) is 15.9 Å². The van der Waals surface area contributed by atoms with Gasteiger partial charge in [-0.2, -0.15) is 0 Å². The molecule has 0 heterocycles. The predicted octanol–water partition coefficient (Wildman–Crippen LogP) is 3.72. The number of benzene rings is 2. The van der Waals surface area contributed by atoms with Crippen LogP contribution in [0.1, 0.15) is 15.9 Å². The van der Waals surface area contributed by atoms with Gasteiger partial charge in [-0.15, -0.1) is 0 Å². The van der Waals surface area contributed by atoms with E-state index in [0.717, 1.165) is 18.2 Å². The minimum Gasteiger partial charge on any atom is -0.326 e. The maximum Gasteiger partial charge on any atom is 0.228 e. The summed E-state index contributed by atoms with van der Waals surface area (Å²) in [4.78, 5) is 23.3. The summed E-state index contributed by atoms with van der Waals surface area (Å²) in [6.07, 6.45) is -0.272. The highest BCUT2D eigenvalue weighted by atomic mass is 79.9. The van der Waals surface area contributed by atoms with Crippen LogP contribution in [-0.4, -0.2) is 17.0 Å². The van der Waals surface area contributed by atoms with Crippen LogP contribution in [0.25, 0.3) is 0 Å². The number of carbonyl (C=O) groups excluding carboxylic acids is 2. The number of hydrogen-bond donors (Lipinski definition) is 1. The van der Waals surface area contributed by atoms with Gasteiger partial charge in [0.25, 0.3) is 0 Å². The van der Waals surface area contributed by atoms with E-state index in [1.54, 1.807) is 24.3 Å². The number of hydrogen-bond acceptors (Lipinski definition) is 2. The second-order valence-corrected chi connectivity index (χ2v) is 5.16. The molecular weight excluding hydrogens is 356 g/mol. The molecular formula is C16H12BrF2NO2. The summed E-state index contributed by atoms with van der Waals surface area (Å²) in [6.45, 7) is 0. The molecule has 2 rings (SSSR count). The molecule has 0 aliphatic rings. The molecule has 3 nitrogen and oxygen atoms in total. The van der Waals surface area contributed by atoms with E-state index in [1.165, 1.54) is 0 Å². The molecule has 1 N–H and O–H groups in total. The summed E-state index contributed by atoms with van der Waals surface area (Å²) >= 11 is 3.07. The molecule has 0 aliphatic carbocycles. The van der Waals surface area contributed by atoms with Crippen molar-refractivity contribution in [3.63, 3.8) is 0 Å². The Hall–Kier alpha value is -2.08. The van der Waals surface area contributed by atoms with Gasteiger partial charge >= 0.3 is 0 Å². The Labute approximate surface area is 134 Å². The van der Waals surface area contributed by atoms with Crippen LogP contribution < -0.4 is 5.32 Å². The maximum atomic E-state index is 13.5. The maximum absolute atomic E-state index is 13.5. The zero-order valence-electron chi connectivity index (χ0n) is 11.4. The van der Waals surface area contributed by atoms with Gasteiger partial charge in [0.05, 0.1) is 11.8 Å². The van der Waals surface area contributed by atoms with Crippen LogP contribution in [0.5, 0.6) is 0 Å². The van der Waals surface area contributed by atoms with E-state index in [4.69, 9.17) is 0 Å². The molecule has 0 saturated heterocycles. The molecule has 114 valence electrons. The van der Waals surface area contributed by atoms with Gasteiger partial charge < -0.3 is 5.32 Å². The number of Topliss-reactive ketones (excluding diaryl/α,β-unsaturated/α-hetero) is 1. The van der Waals surface area contributed by atoms with Crippen molar-refractivity contribution in [1.82, 2.24) is 0 Å². The van der Waals surface area contributed by atoms with Crippen molar-refractivity contribution in [2.45, 2.75) is 6.42 Å². The summed E-state index contributed by atoms with van der Waals surface area (Å²) < 4.78 is 26.5. The predicted molar refractivity (Wildman–Crippen MR) is 83.3 cm³/mol. The van der Waals surface area contributed by atoms with E-state index in [1.807, 2.05) is 0 Å². The van der Waals surface area contributed by atoms with Crippen molar-refractivity contribution in [2.75, 3.05) is 10.6 Å². The monoisotopic (exact) mass is 367 g/mol. The van der Waals surface area contributed by atoms with Crippen LogP contribution in [0.2, 0.25) is 0 Å². The fourth-order valence-electron chi connectivity index (χ4n) is 1.87. The summed E-state index contributed by atoms with van der Waals surface area (Å²) in [5, 5.41) is 2.79. The molecule has 1 amide bonds. The highest BCUT2D eigenvalue weighted by Gasteiger charge is 2.10. The Bertz CT molecular complexity index is 702. The lowest BCUT2D eigenvalue weighted by Crippen LogP contribution is -2.15. The van der Waals surface area contributed by atoms with Crippen molar-refractivity contribution >= 4 is 33.3 Å².